The molecule has 2 heterocycles. The summed E-state index contributed by atoms with van der Waals surface area (Å²) in [6, 6.07) is 5.68. The molecule has 1 aromatic heterocycles. The molecule has 0 saturated heterocycles. The minimum absolute atomic E-state index is 0.0504. The molecule has 1 N–H and O–H groups in total. The predicted molar refractivity (Wildman–Crippen MR) is 87.4 cm³/mol. The van der Waals surface area contributed by atoms with Gasteiger partial charge in [0.05, 0.1) is 17.1 Å². The minimum Gasteiger partial charge on any atom is -0.326 e. The minimum atomic E-state index is -0.0772. The molecule has 0 aliphatic carbocycles. The number of thiazole rings is 1. The molecule has 0 saturated carbocycles. The van der Waals surface area contributed by atoms with Gasteiger partial charge in [-0.3, -0.25) is 9.59 Å². The summed E-state index contributed by atoms with van der Waals surface area (Å²) in [6.07, 6.45) is 1.10. The number of amides is 2. The van der Waals surface area contributed by atoms with E-state index in [4.69, 9.17) is 0 Å². The molecule has 0 fully saturated rings. The number of hydrogen-bond acceptors (Lipinski definition) is 4. The largest absolute Gasteiger partial charge is 0.326 e. The third-order valence-electron chi connectivity index (χ3n) is 3.65. The first-order valence-corrected chi connectivity index (χ1v) is 8.03. The van der Waals surface area contributed by atoms with Crippen LogP contribution in [0, 0.1) is 6.92 Å². The zero-order chi connectivity index (χ0) is 15.7. The van der Waals surface area contributed by atoms with E-state index < -0.39 is 0 Å². The van der Waals surface area contributed by atoms with Gasteiger partial charge in [0.1, 0.15) is 0 Å². The van der Waals surface area contributed by atoms with Crippen molar-refractivity contribution >= 4 is 34.5 Å². The molecule has 2 amide bonds. The van der Waals surface area contributed by atoms with Crippen LogP contribution in [0.1, 0.15) is 23.2 Å². The molecule has 0 atom stereocenters. The zero-order valence-corrected chi connectivity index (χ0v) is 13.4. The van der Waals surface area contributed by atoms with Crippen molar-refractivity contribution in [2.75, 3.05) is 16.8 Å². The van der Waals surface area contributed by atoms with E-state index in [0.29, 0.717) is 6.54 Å². The number of nitrogens with one attached hydrogen (secondary N) is 1. The van der Waals surface area contributed by atoms with E-state index in [1.807, 2.05) is 30.5 Å². The van der Waals surface area contributed by atoms with Crippen LogP contribution in [0.3, 0.4) is 0 Å². The van der Waals surface area contributed by atoms with Crippen LogP contribution in [0.25, 0.3) is 0 Å². The number of carbonyl (C=O) groups is 2. The average Bonchev–Trinajstić information content (AvgIpc) is 3.04. The number of hydrogen-bond donors (Lipinski definition) is 1. The van der Waals surface area contributed by atoms with Gasteiger partial charge in [-0.1, -0.05) is 0 Å². The lowest BCUT2D eigenvalue weighted by Crippen LogP contribution is -2.25. The Morgan fingerprint density at radius 1 is 1.41 bits per heavy atom. The van der Waals surface area contributed by atoms with E-state index in [1.165, 1.54) is 0 Å². The highest BCUT2D eigenvalue weighted by atomic mass is 32.1. The monoisotopic (exact) mass is 315 g/mol. The van der Waals surface area contributed by atoms with Gasteiger partial charge >= 0.3 is 0 Å². The summed E-state index contributed by atoms with van der Waals surface area (Å²) in [4.78, 5) is 29.6. The van der Waals surface area contributed by atoms with Gasteiger partial charge in [-0.25, -0.2) is 4.98 Å². The van der Waals surface area contributed by atoms with Gasteiger partial charge in [0.15, 0.2) is 0 Å². The van der Waals surface area contributed by atoms with Crippen LogP contribution in [-0.2, 0) is 22.4 Å². The summed E-state index contributed by atoms with van der Waals surface area (Å²) in [5.41, 5.74) is 3.60. The summed E-state index contributed by atoms with van der Waals surface area (Å²) in [5.74, 6) is -0.0268. The summed E-state index contributed by atoms with van der Waals surface area (Å²) >= 11 is 1.54. The van der Waals surface area contributed by atoms with E-state index in [9.17, 15) is 9.59 Å². The average molecular weight is 315 g/mol. The van der Waals surface area contributed by atoms with Gasteiger partial charge < -0.3 is 10.2 Å². The van der Waals surface area contributed by atoms with Gasteiger partial charge in [0, 0.05) is 30.2 Å². The Morgan fingerprint density at radius 2 is 2.23 bits per heavy atom. The highest BCUT2D eigenvalue weighted by Gasteiger charge is 2.22. The molecule has 3 rings (SSSR count). The van der Waals surface area contributed by atoms with E-state index in [1.54, 1.807) is 23.2 Å². The molecule has 22 heavy (non-hydrogen) atoms. The quantitative estimate of drug-likeness (QED) is 0.947. The van der Waals surface area contributed by atoms with E-state index >= 15 is 0 Å². The molecule has 1 aliphatic heterocycles. The van der Waals surface area contributed by atoms with Crippen molar-refractivity contribution in [2.24, 2.45) is 0 Å². The maximum atomic E-state index is 12.1. The number of aryl methyl sites for hydroxylation is 1. The summed E-state index contributed by atoms with van der Waals surface area (Å²) in [5, 5.41) is 5.76. The highest BCUT2D eigenvalue weighted by molar-refractivity contribution is 7.09. The Labute approximate surface area is 133 Å². The molecule has 6 heteroatoms. The van der Waals surface area contributed by atoms with Crippen molar-refractivity contribution < 1.29 is 9.59 Å². The van der Waals surface area contributed by atoms with E-state index in [2.05, 4.69) is 10.3 Å². The van der Waals surface area contributed by atoms with Crippen molar-refractivity contribution in [1.82, 2.24) is 4.98 Å². The van der Waals surface area contributed by atoms with Crippen LogP contribution in [0.4, 0.5) is 11.4 Å². The lowest BCUT2D eigenvalue weighted by atomic mass is 10.1. The fraction of sp³-hybridized carbons (Fsp3) is 0.312. The Hall–Kier alpha value is -2.21. The molecule has 2 aromatic rings. The summed E-state index contributed by atoms with van der Waals surface area (Å²) < 4.78 is 0. The SMILES string of the molecule is CC(=O)N1CCc2cc(NC(=O)Cc3csc(C)n3)ccc21. The number of aromatic nitrogens is 1. The van der Waals surface area contributed by atoms with Gasteiger partial charge in [0.25, 0.3) is 0 Å². The molecule has 1 aliphatic rings. The second kappa shape index (κ2) is 5.88. The Bertz CT molecular complexity index is 739. The van der Waals surface area contributed by atoms with Crippen molar-refractivity contribution in [2.45, 2.75) is 26.7 Å². The normalized spacial score (nSPS) is 13.1. The first-order valence-electron chi connectivity index (χ1n) is 7.15. The van der Waals surface area contributed by atoms with Crippen LogP contribution in [-0.4, -0.2) is 23.3 Å². The van der Waals surface area contributed by atoms with Gasteiger partial charge in [-0.2, -0.15) is 0 Å². The first kappa shape index (κ1) is 14.7. The Morgan fingerprint density at radius 3 is 2.91 bits per heavy atom. The van der Waals surface area contributed by atoms with Crippen LogP contribution in [0.2, 0.25) is 0 Å². The van der Waals surface area contributed by atoms with Crippen molar-refractivity contribution in [3.05, 3.63) is 39.8 Å². The summed E-state index contributed by atoms with van der Waals surface area (Å²) in [6.45, 7) is 4.20. The Balaban J connectivity index is 1.69. The topological polar surface area (TPSA) is 62.3 Å². The maximum Gasteiger partial charge on any atom is 0.230 e. The van der Waals surface area contributed by atoms with Crippen LogP contribution in [0.15, 0.2) is 23.6 Å². The maximum absolute atomic E-state index is 12.1. The highest BCUT2D eigenvalue weighted by Crippen LogP contribution is 2.30. The number of benzene rings is 1. The fourth-order valence-electron chi connectivity index (χ4n) is 2.67. The van der Waals surface area contributed by atoms with Gasteiger partial charge in [-0.05, 0) is 37.1 Å². The Kier molecular flexibility index (Phi) is 3.94. The van der Waals surface area contributed by atoms with E-state index in [0.717, 1.165) is 34.1 Å². The number of carbonyl (C=O) groups excluding carboxylic acids is 2. The molecule has 5 nitrogen and oxygen atoms in total. The van der Waals surface area contributed by atoms with E-state index in [-0.39, 0.29) is 18.2 Å². The molecule has 114 valence electrons. The van der Waals surface area contributed by atoms with Gasteiger partial charge in [0.2, 0.25) is 11.8 Å². The third kappa shape index (κ3) is 3.01. The molecular weight excluding hydrogens is 298 g/mol. The predicted octanol–water partition coefficient (Wildman–Crippen LogP) is 2.54. The first-order chi connectivity index (χ1) is 10.5. The van der Waals surface area contributed by atoms with Crippen molar-refractivity contribution in [3.8, 4) is 0 Å². The number of anilines is 2. The number of fused-ring (bicyclic) bond motifs is 1. The lowest BCUT2D eigenvalue weighted by molar-refractivity contribution is -0.117. The van der Waals surface area contributed by atoms with Crippen LogP contribution >= 0.6 is 11.3 Å². The molecule has 0 unspecified atom stereocenters. The molecule has 0 spiro atoms. The smallest absolute Gasteiger partial charge is 0.230 e. The lowest BCUT2D eigenvalue weighted by Gasteiger charge is -2.15. The van der Waals surface area contributed by atoms with Crippen molar-refractivity contribution in [3.63, 3.8) is 0 Å². The van der Waals surface area contributed by atoms with Crippen LogP contribution < -0.4 is 10.2 Å². The second-order valence-corrected chi connectivity index (χ2v) is 6.41. The standard InChI is InChI=1S/C16H17N3O2S/c1-10-17-14(9-22-10)8-16(21)18-13-3-4-15-12(7-13)5-6-19(15)11(2)20/h3-4,7,9H,5-6,8H2,1-2H3,(H,18,21). The summed E-state index contributed by atoms with van der Waals surface area (Å²) in [7, 11) is 0. The van der Waals surface area contributed by atoms with Crippen molar-refractivity contribution in [1.29, 1.82) is 0 Å². The second-order valence-electron chi connectivity index (χ2n) is 5.35. The molecule has 0 bridgehead atoms. The molecule has 0 radical (unpaired) electrons. The van der Waals surface area contributed by atoms with Gasteiger partial charge in [-0.15, -0.1) is 11.3 Å². The number of nitrogens with zero attached hydrogens (tertiary/aromatic N) is 2. The molecular formula is C16H17N3O2S. The third-order valence-corrected chi connectivity index (χ3v) is 4.47. The van der Waals surface area contributed by atoms with Crippen LogP contribution in [0.5, 0.6) is 0 Å². The number of rotatable bonds is 3. The zero-order valence-electron chi connectivity index (χ0n) is 12.5. The fourth-order valence-corrected chi connectivity index (χ4v) is 3.28. The molecule has 1 aromatic carbocycles.